The Kier molecular flexibility index (Phi) is 2.64. The van der Waals surface area contributed by atoms with Crippen molar-refractivity contribution in [1.29, 1.82) is 0 Å². The molecule has 2 rings (SSSR count). The lowest BCUT2D eigenvalue weighted by Crippen LogP contribution is -1.85. The summed E-state index contributed by atoms with van der Waals surface area (Å²) in [5, 5.41) is 0. The molecule has 1 aromatic heterocycles. The number of hydrogen-bond donors (Lipinski definition) is 0. The van der Waals surface area contributed by atoms with E-state index >= 15 is 0 Å². The van der Waals surface area contributed by atoms with E-state index in [0.29, 0.717) is 0 Å². The van der Waals surface area contributed by atoms with Crippen LogP contribution in [0.2, 0.25) is 0 Å². The molecule has 0 unspecified atom stereocenters. The highest BCUT2D eigenvalue weighted by molar-refractivity contribution is 9.10. The molecule has 1 aromatic carbocycles. The zero-order valence-corrected chi connectivity index (χ0v) is 9.45. The maximum absolute atomic E-state index is 4.36. The van der Waals surface area contributed by atoms with E-state index in [9.17, 15) is 0 Å². The number of aryl methyl sites for hydroxylation is 1. The second kappa shape index (κ2) is 3.93. The molecule has 0 saturated carbocycles. The topological polar surface area (TPSA) is 12.9 Å². The van der Waals surface area contributed by atoms with Gasteiger partial charge in [0.1, 0.15) is 0 Å². The van der Waals surface area contributed by atoms with Gasteiger partial charge in [-0.15, -0.1) is 0 Å². The Morgan fingerprint density at radius 3 is 2.50 bits per heavy atom. The number of pyridine rings is 1. The first-order chi connectivity index (χ1) is 6.77. The number of halogens is 1. The van der Waals surface area contributed by atoms with E-state index < -0.39 is 0 Å². The fraction of sp³-hybridized carbons (Fsp3) is 0.0833. The lowest BCUT2D eigenvalue weighted by atomic mass is 10.1. The van der Waals surface area contributed by atoms with Gasteiger partial charge in [0.2, 0.25) is 0 Å². The van der Waals surface area contributed by atoms with Crippen LogP contribution in [0.15, 0.2) is 47.1 Å². The van der Waals surface area contributed by atoms with Crippen molar-refractivity contribution in [2.24, 2.45) is 0 Å². The maximum atomic E-state index is 4.36. The molecular formula is C12H10BrN. The normalized spacial score (nSPS) is 10.1. The third kappa shape index (κ3) is 1.85. The Morgan fingerprint density at radius 1 is 1.14 bits per heavy atom. The number of nitrogens with zero attached hydrogens (tertiary/aromatic N) is 1. The quantitative estimate of drug-likeness (QED) is 0.747. The minimum Gasteiger partial charge on any atom is -0.255 e. The largest absolute Gasteiger partial charge is 0.255 e. The standard InChI is InChI=1S/C12H10BrN/c1-9-7-12(14-8-11(9)13)10-5-3-2-4-6-10/h2-8H,1H3. The van der Waals surface area contributed by atoms with Crippen molar-refractivity contribution in [3.8, 4) is 11.3 Å². The first-order valence-corrected chi connectivity index (χ1v) is 5.24. The van der Waals surface area contributed by atoms with Crippen molar-refractivity contribution in [3.05, 3.63) is 52.6 Å². The Hall–Kier alpha value is -1.15. The predicted octanol–water partition coefficient (Wildman–Crippen LogP) is 3.82. The predicted molar refractivity (Wildman–Crippen MR) is 62.1 cm³/mol. The van der Waals surface area contributed by atoms with E-state index in [1.807, 2.05) is 24.4 Å². The second-order valence-electron chi connectivity index (χ2n) is 3.18. The van der Waals surface area contributed by atoms with Gasteiger partial charge in [-0.3, -0.25) is 4.98 Å². The van der Waals surface area contributed by atoms with Crippen LogP contribution in [0, 0.1) is 6.92 Å². The van der Waals surface area contributed by atoms with Crippen LogP contribution in [0.1, 0.15) is 5.56 Å². The third-order valence-corrected chi connectivity index (χ3v) is 2.95. The molecule has 70 valence electrons. The minimum absolute atomic E-state index is 1.02. The molecule has 1 heterocycles. The van der Waals surface area contributed by atoms with E-state index in [-0.39, 0.29) is 0 Å². The molecule has 0 bridgehead atoms. The average molecular weight is 248 g/mol. The van der Waals surface area contributed by atoms with Crippen LogP contribution < -0.4 is 0 Å². The molecule has 0 fully saturated rings. The Labute approximate surface area is 91.9 Å². The van der Waals surface area contributed by atoms with Crippen LogP contribution in [0.4, 0.5) is 0 Å². The fourth-order valence-corrected chi connectivity index (χ4v) is 1.52. The van der Waals surface area contributed by atoms with Crippen LogP contribution in [0.5, 0.6) is 0 Å². The Morgan fingerprint density at radius 2 is 1.86 bits per heavy atom. The zero-order chi connectivity index (χ0) is 9.97. The Bertz CT molecular complexity index is 437. The second-order valence-corrected chi connectivity index (χ2v) is 4.04. The number of rotatable bonds is 1. The first-order valence-electron chi connectivity index (χ1n) is 4.45. The van der Waals surface area contributed by atoms with E-state index in [2.05, 4.69) is 46.0 Å². The summed E-state index contributed by atoms with van der Waals surface area (Å²) < 4.78 is 1.05. The summed E-state index contributed by atoms with van der Waals surface area (Å²) in [5.74, 6) is 0. The smallest absolute Gasteiger partial charge is 0.0705 e. The molecule has 1 nitrogen and oxygen atoms in total. The van der Waals surface area contributed by atoms with Gasteiger partial charge in [-0.2, -0.15) is 0 Å². The summed E-state index contributed by atoms with van der Waals surface area (Å²) in [7, 11) is 0. The molecule has 0 saturated heterocycles. The van der Waals surface area contributed by atoms with Gasteiger partial charge in [0, 0.05) is 16.2 Å². The van der Waals surface area contributed by atoms with Crippen molar-refractivity contribution in [1.82, 2.24) is 4.98 Å². The summed E-state index contributed by atoms with van der Waals surface area (Å²) in [6.07, 6.45) is 1.84. The molecule has 0 amide bonds. The van der Waals surface area contributed by atoms with E-state index in [4.69, 9.17) is 0 Å². The zero-order valence-electron chi connectivity index (χ0n) is 7.87. The Balaban J connectivity index is 2.48. The molecule has 0 aliphatic heterocycles. The molecule has 0 radical (unpaired) electrons. The number of aromatic nitrogens is 1. The SMILES string of the molecule is Cc1cc(-c2ccccc2)ncc1Br. The first kappa shape index (κ1) is 9.41. The number of hydrogen-bond acceptors (Lipinski definition) is 1. The lowest BCUT2D eigenvalue weighted by Gasteiger charge is -2.02. The maximum Gasteiger partial charge on any atom is 0.0705 e. The van der Waals surface area contributed by atoms with E-state index in [1.165, 1.54) is 5.56 Å². The highest BCUT2D eigenvalue weighted by Crippen LogP contribution is 2.21. The van der Waals surface area contributed by atoms with Gasteiger partial charge >= 0.3 is 0 Å². The minimum atomic E-state index is 1.02. The van der Waals surface area contributed by atoms with E-state index in [0.717, 1.165) is 15.7 Å². The highest BCUT2D eigenvalue weighted by Gasteiger charge is 2.00. The van der Waals surface area contributed by atoms with Crippen molar-refractivity contribution < 1.29 is 0 Å². The van der Waals surface area contributed by atoms with Crippen molar-refractivity contribution in [3.63, 3.8) is 0 Å². The molecular weight excluding hydrogens is 238 g/mol. The van der Waals surface area contributed by atoms with Gasteiger partial charge in [-0.05, 0) is 34.5 Å². The van der Waals surface area contributed by atoms with Crippen LogP contribution in [0.3, 0.4) is 0 Å². The monoisotopic (exact) mass is 247 g/mol. The molecule has 2 heteroatoms. The van der Waals surface area contributed by atoms with Crippen molar-refractivity contribution >= 4 is 15.9 Å². The molecule has 2 aromatic rings. The molecule has 0 aliphatic carbocycles. The van der Waals surface area contributed by atoms with Gasteiger partial charge in [-0.1, -0.05) is 30.3 Å². The molecule has 14 heavy (non-hydrogen) atoms. The lowest BCUT2D eigenvalue weighted by molar-refractivity contribution is 1.26. The average Bonchev–Trinajstić information content (AvgIpc) is 2.23. The third-order valence-electron chi connectivity index (χ3n) is 2.12. The summed E-state index contributed by atoms with van der Waals surface area (Å²) in [6.45, 7) is 2.07. The van der Waals surface area contributed by atoms with Crippen molar-refractivity contribution in [2.45, 2.75) is 6.92 Å². The number of benzene rings is 1. The van der Waals surface area contributed by atoms with Crippen LogP contribution in [-0.2, 0) is 0 Å². The highest BCUT2D eigenvalue weighted by atomic mass is 79.9. The molecule has 0 aliphatic rings. The molecule has 0 N–H and O–H groups in total. The van der Waals surface area contributed by atoms with Gasteiger partial charge < -0.3 is 0 Å². The van der Waals surface area contributed by atoms with Crippen LogP contribution in [-0.4, -0.2) is 4.98 Å². The van der Waals surface area contributed by atoms with Gasteiger partial charge in [0.05, 0.1) is 5.69 Å². The molecule has 0 spiro atoms. The summed E-state index contributed by atoms with van der Waals surface area (Å²) in [6, 6.07) is 12.3. The molecule has 0 atom stereocenters. The van der Waals surface area contributed by atoms with Gasteiger partial charge in [0.15, 0.2) is 0 Å². The van der Waals surface area contributed by atoms with Gasteiger partial charge in [-0.25, -0.2) is 0 Å². The van der Waals surface area contributed by atoms with Crippen LogP contribution in [0.25, 0.3) is 11.3 Å². The van der Waals surface area contributed by atoms with E-state index in [1.54, 1.807) is 0 Å². The van der Waals surface area contributed by atoms with Crippen molar-refractivity contribution in [2.75, 3.05) is 0 Å². The fourth-order valence-electron chi connectivity index (χ4n) is 1.31. The summed E-state index contributed by atoms with van der Waals surface area (Å²) in [5.41, 5.74) is 3.38. The summed E-state index contributed by atoms with van der Waals surface area (Å²) >= 11 is 3.44. The summed E-state index contributed by atoms with van der Waals surface area (Å²) in [4.78, 5) is 4.36. The van der Waals surface area contributed by atoms with Crippen LogP contribution >= 0.6 is 15.9 Å². The van der Waals surface area contributed by atoms with Gasteiger partial charge in [0.25, 0.3) is 0 Å².